The lowest BCUT2D eigenvalue weighted by Crippen LogP contribution is -2.46. The number of carbonyl (C=O) groups is 2. The van der Waals surface area contributed by atoms with Gasteiger partial charge < -0.3 is 10.6 Å². The van der Waals surface area contributed by atoms with Crippen molar-refractivity contribution in [2.24, 2.45) is 0 Å². The molecule has 27 heavy (non-hydrogen) atoms. The van der Waals surface area contributed by atoms with Crippen molar-refractivity contribution in [2.75, 3.05) is 6.54 Å². The molecular formula is C18H22N2O4S3. The van der Waals surface area contributed by atoms with E-state index < -0.39 is 26.9 Å². The van der Waals surface area contributed by atoms with Crippen LogP contribution in [0.5, 0.6) is 0 Å². The molecule has 2 aromatic heterocycles. The van der Waals surface area contributed by atoms with Gasteiger partial charge in [0.05, 0.1) is 0 Å². The first kappa shape index (κ1) is 20.0. The van der Waals surface area contributed by atoms with Gasteiger partial charge in [-0.1, -0.05) is 31.4 Å². The number of sulfone groups is 1. The first-order chi connectivity index (χ1) is 13.0. The van der Waals surface area contributed by atoms with Crippen LogP contribution < -0.4 is 10.6 Å². The van der Waals surface area contributed by atoms with Crippen LogP contribution in [-0.4, -0.2) is 32.8 Å². The highest BCUT2D eigenvalue weighted by molar-refractivity contribution is 7.93. The zero-order valence-electron chi connectivity index (χ0n) is 14.7. The second kappa shape index (κ2) is 8.99. The third-order valence-corrected chi connectivity index (χ3v) is 9.25. The van der Waals surface area contributed by atoms with Gasteiger partial charge in [0.25, 0.3) is 0 Å². The van der Waals surface area contributed by atoms with Crippen molar-refractivity contribution in [1.29, 1.82) is 0 Å². The molecule has 0 saturated heterocycles. The quantitative estimate of drug-likeness (QED) is 0.695. The molecule has 1 aliphatic carbocycles. The Labute approximate surface area is 166 Å². The van der Waals surface area contributed by atoms with E-state index in [2.05, 4.69) is 10.6 Å². The molecule has 2 aromatic rings. The van der Waals surface area contributed by atoms with Crippen LogP contribution >= 0.6 is 22.7 Å². The third-order valence-electron chi connectivity index (χ3n) is 4.61. The average molecular weight is 427 g/mol. The van der Waals surface area contributed by atoms with E-state index in [0.717, 1.165) is 43.4 Å². The number of nitrogens with one attached hydrogen (secondary N) is 2. The van der Waals surface area contributed by atoms with E-state index in [9.17, 15) is 18.0 Å². The number of thiophene rings is 2. The monoisotopic (exact) mass is 426 g/mol. The van der Waals surface area contributed by atoms with Crippen LogP contribution in [-0.2, 0) is 19.4 Å². The molecule has 0 aromatic carbocycles. The smallest absolute Gasteiger partial charge is 0.309 e. The molecule has 2 heterocycles. The largest absolute Gasteiger partial charge is 0.346 e. The third kappa shape index (κ3) is 4.97. The van der Waals surface area contributed by atoms with Crippen molar-refractivity contribution in [3.8, 4) is 0 Å². The van der Waals surface area contributed by atoms with Crippen molar-refractivity contribution < 1.29 is 18.0 Å². The Hall–Kier alpha value is -1.71. The van der Waals surface area contributed by atoms with Gasteiger partial charge in [0.15, 0.2) is 9.84 Å². The lowest BCUT2D eigenvalue weighted by Gasteiger charge is -2.22. The minimum Gasteiger partial charge on any atom is -0.346 e. The molecule has 2 amide bonds. The molecule has 9 heteroatoms. The summed E-state index contributed by atoms with van der Waals surface area (Å²) in [5.74, 6) is -1.48. The number of amides is 2. The molecule has 2 N–H and O–H groups in total. The van der Waals surface area contributed by atoms with Crippen LogP contribution in [0.4, 0.5) is 0 Å². The van der Waals surface area contributed by atoms with E-state index in [1.54, 1.807) is 35.0 Å². The van der Waals surface area contributed by atoms with Crippen molar-refractivity contribution in [1.82, 2.24) is 10.6 Å². The standard InChI is InChI=1S/C18H22N2O4S3/c21-17(18(22)20-13-6-2-1-3-7-13)19-12-15(14-8-4-10-25-14)27(23,24)16-9-5-11-26-16/h4-5,8-11,13,15H,1-3,6-7,12H2,(H,19,21)(H,20,22)/t15-/m1/s1. The fraction of sp³-hybridized carbons (Fsp3) is 0.444. The summed E-state index contributed by atoms with van der Waals surface area (Å²) in [6.45, 7) is -0.141. The summed E-state index contributed by atoms with van der Waals surface area (Å²) in [6, 6.07) is 6.76. The van der Waals surface area contributed by atoms with Crippen molar-refractivity contribution in [3.63, 3.8) is 0 Å². The highest BCUT2D eigenvalue weighted by atomic mass is 32.2. The zero-order chi connectivity index (χ0) is 19.3. The van der Waals surface area contributed by atoms with E-state index in [1.165, 1.54) is 11.3 Å². The molecule has 0 unspecified atom stereocenters. The summed E-state index contributed by atoms with van der Waals surface area (Å²) < 4.78 is 26.2. The molecule has 3 rings (SSSR count). The molecule has 146 valence electrons. The predicted octanol–water partition coefficient (Wildman–Crippen LogP) is 2.89. The fourth-order valence-corrected chi connectivity index (χ4v) is 7.16. The minimum absolute atomic E-state index is 0.0277. The minimum atomic E-state index is -3.65. The van der Waals surface area contributed by atoms with Crippen LogP contribution in [0.25, 0.3) is 0 Å². The highest BCUT2D eigenvalue weighted by Crippen LogP contribution is 2.33. The number of hydrogen-bond donors (Lipinski definition) is 2. The van der Waals surface area contributed by atoms with E-state index in [4.69, 9.17) is 0 Å². The molecule has 6 nitrogen and oxygen atoms in total. The zero-order valence-corrected chi connectivity index (χ0v) is 17.2. The van der Waals surface area contributed by atoms with E-state index in [0.29, 0.717) is 4.88 Å². The van der Waals surface area contributed by atoms with Gasteiger partial charge in [0, 0.05) is 17.5 Å². The molecule has 0 radical (unpaired) electrons. The van der Waals surface area contributed by atoms with Crippen molar-refractivity contribution in [3.05, 3.63) is 39.9 Å². The summed E-state index contributed by atoms with van der Waals surface area (Å²) in [4.78, 5) is 24.9. The molecule has 0 bridgehead atoms. The topological polar surface area (TPSA) is 92.3 Å². The van der Waals surface area contributed by atoms with Crippen LogP contribution in [0.15, 0.2) is 39.2 Å². The Morgan fingerprint density at radius 2 is 1.74 bits per heavy atom. The number of carbonyl (C=O) groups excluding carboxylic acids is 2. The van der Waals surface area contributed by atoms with Gasteiger partial charge >= 0.3 is 11.8 Å². The fourth-order valence-electron chi connectivity index (χ4n) is 3.17. The first-order valence-corrected chi connectivity index (χ1v) is 12.2. The van der Waals surface area contributed by atoms with Gasteiger partial charge in [0.2, 0.25) is 0 Å². The SMILES string of the molecule is O=C(NC[C@H](c1cccs1)S(=O)(=O)c1cccs1)C(=O)NC1CCCCC1. The maximum absolute atomic E-state index is 13.0. The predicted molar refractivity (Wildman–Crippen MR) is 107 cm³/mol. The Bertz CT molecular complexity index is 855. The molecule has 1 saturated carbocycles. The van der Waals surface area contributed by atoms with Crippen molar-refractivity contribution in [2.45, 2.75) is 47.6 Å². The van der Waals surface area contributed by atoms with Gasteiger partial charge in [0.1, 0.15) is 9.46 Å². The highest BCUT2D eigenvalue weighted by Gasteiger charge is 2.32. The van der Waals surface area contributed by atoms with Crippen molar-refractivity contribution >= 4 is 44.3 Å². The van der Waals surface area contributed by atoms with Crippen LogP contribution in [0.1, 0.15) is 42.2 Å². The maximum Gasteiger partial charge on any atom is 0.309 e. The molecule has 1 aliphatic rings. The van der Waals surface area contributed by atoms with Crippen LogP contribution in [0.3, 0.4) is 0 Å². The Morgan fingerprint density at radius 3 is 2.37 bits per heavy atom. The first-order valence-electron chi connectivity index (χ1n) is 8.88. The van der Waals surface area contributed by atoms with Crippen LogP contribution in [0.2, 0.25) is 0 Å². The van der Waals surface area contributed by atoms with Gasteiger partial charge in [-0.25, -0.2) is 8.42 Å². The summed E-state index contributed by atoms with van der Waals surface area (Å²) in [5.41, 5.74) is 0. The number of hydrogen-bond acceptors (Lipinski definition) is 6. The van der Waals surface area contributed by atoms with Gasteiger partial charge in [-0.2, -0.15) is 0 Å². The van der Waals surface area contributed by atoms with Gasteiger partial charge in [-0.3, -0.25) is 9.59 Å². The molecule has 1 atom stereocenters. The Balaban J connectivity index is 1.66. The molecule has 1 fully saturated rings. The normalized spacial score (nSPS) is 16.6. The second-order valence-corrected chi connectivity index (χ2v) is 10.8. The second-order valence-electron chi connectivity index (χ2n) is 6.50. The lowest BCUT2D eigenvalue weighted by molar-refractivity contribution is -0.139. The molecular weight excluding hydrogens is 404 g/mol. The van der Waals surface area contributed by atoms with E-state index in [-0.39, 0.29) is 16.8 Å². The van der Waals surface area contributed by atoms with Gasteiger partial charge in [-0.15, -0.1) is 22.7 Å². The summed E-state index contributed by atoms with van der Waals surface area (Å²) in [7, 11) is -3.65. The molecule has 0 aliphatic heterocycles. The van der Waals surface area contributed by atoms with E-state index in [1.807, 2.05) is 0 Å². The van der Waals surface area contributed by atoms with E-state index >= 15 is 0 Å². The summed E-state index contributed by atoms with van der Waals surface area (Å²) in [5, 5.41) is 7.84. The Kier molecular flexibility index (Phi) is 6.67. The summed E-state index contributed by atoms with van der Waals surface area (Å²) >= 11 is 2.46. The maximum atomic E-state index is 13.0. The number of rotatable bonds is 6. The average Bonchev–Trinajstić information content (AvgIpc) is 3.36. The Morgan fingerprint density at radius 1 is 1.04 bits per heavy atom. The molecule has 0 spiro atoms. The van der Waals surface area contributed by atoms with Gasteiger partial charge in [-0.05, 0) is 35.7 Å². The van der Waals surface area contributed by atoms with Crippen LogP contribution in [0, 0.1) is 0 Å². The lowest BCUT2D eigenvalue weighted by atomic mass is 9.95. The summed E-state index contributed by atoms with van der Waals surface area (Å²) in [6.07, 6.45) is 5.01.